The molecule has 2 atom stereocenters. The summed E-state index contributed by atoms with van der Waals surface area (Å²) in [4.78, 5) is 25.4. The zero-order chi connectivity index (χ0) is 21.3. The van der Waals surface area contributed by atoms with Crippen LogP contribution in [0.4, 0.5) is 19.0 Å². The number of hydrogen-bond acceptors (Lipinski definition) is 5. The van der Waals surface area contributed by atoms with Crippen molar-refractivity contribution >= 4 is 28.7 Å². The largest absolute Gasteiger partial charge is 0.410 e. The van der Waals surface area contributed by atoms with E-state index in [0.717, 1.165) is 10.9 Å². The average Bonchev–Trinajstić information content (AvgIpc) is 3.41. The summed E-state index contributed by atoms with van der Waals surface area (Å²) < 4.78 is 42.0. The van der Waals surface area contributed by atoms with Crippen LogP contribution >= 0.6 is 11.3 Å². The van der Waals surface area contributed by atoms with Crippen LogP contribution in [0.2, 0.25) is 0 Å². The molecule has 0 unspecified atom stereocenters. The molecule has 3 aromatic rings. The molecule has 30 heavy (non-hydrogen) atoms. The molecule has 1 aliphatic heterocycles. The molecule has 0 saturated heterocycles. The van der Waals surface area contributed by atoms with E-state index in [-0.39, 0.29) is 36.4 Å². The first kappa shape index (κ1) is 20.3. The van der Waals surface area contributed by atoms with Crippen molar-refractivity contribution in [3.05, 3.63) is 70.0 Å². The van der Waals surface area contributed by atoms with Crippen LogP contribution in [-0.2, 0) is 0 Å². The van der Waals surface area contributed by atoms with Gasteiger partial charge in [0.15, 0.2) is 17.6 Å². The summed E-state index contributed by atoms with van der Waals surface area (Å²) in [6.45, 7) is 0. The topological polar surface area (TPSA) is 64.0 Å². The molecule has 156 valence electrons. The molecular formula is C21H18F3N3O2S. The predicted octanol–water partition coefficient (Wildman–Crippen LogP) is 5.45. The molecule has 0 saturated carbocycles. The van der Waals surface area contributed by atoms with Crippen LogP contribution < -0.4 is 5.32 Å². The van der Waals surface area contributed by atoms with Gasteiger partial charge in [-0.05, 0) is 17.0 Å². The summed E-state index contributed by atoms with van der Waals surface area (Å²) in [6, 6.07) is 9.78. The summed E-state index contributed by atoms with van der Waals surface area (Å²) in [6.07, 6.45) is -3.68. The molecule has 3 heterocycles. The minimum atomic E-state index is -4.51. The van der Waals surface area contributed by atoms with Gasteiger partial charge in [-0.3, -0.25) is 9.59 Å². The fraction of sp³-hybridized carbons (Fsp3) is 0.286. The number of carbonyl (C=O) groups is 2. The normalized spacial score (nSPS) is 18.5. The third-order valence-electron chi connectivity index (χ3n) is 5.12. The highest BCUT2D eigenvalue weighted by Gasteiger charge is 2.47. The fourth-order valence-electron chi connectivity index (χ4n) is 3.59. The smallest absolute Gasteiger partial charge is 0.363 e. The van der Waals surface area contributed by atoms with Gasteiger partial charge in [-0.15, -0.1) is 11.3 Å². The van der Waals surface area contributed by atoms with Crippen LogP contribution in [0.1, 0.15) is 56.9 Å². The van der Waals surface area contributed by atoms with E-state index in [9.17, 15) is 22.8 Å². The Morgan fingerprint density at radius 3 is 2.50 bits per heavy atom. The van der Waals surface area contributed by atoms with Crippen molar-refractivity contribution in [1.29, 1.82) is 0 Å². The molecule has 1 N–H and O–H groups in total. The standard InChI is InChI=1S/C21H18F3N3O2S/c22-21(23,24)19-11-15(13-5-2-1-3-6-13)26-20-14(12-25-27(19)20)16(28)8-9-17(29)18-7-4-10-30-18/h1-7,10,12,15,19,26H,8-9,11H2/t15-,19+/m0/s1. The molecule has 9 heteroatoms. The third-order valence-corrected chi connectivity index (χ3v) is 6.03. The number of fused-ring (bicyclic) bond motifs is 1. The molecular weight excluding hydrogens is 415 g/mol. The van der Waals surface area contributed by atoms with Crippen LogP contribution in [0.25, 0.3) is 0 Å². The first-order valence-electron chi connectivity index (χ1n) is 9.40. The lowest BCUT2D eigenvalue weighted by Gasteiger charge is -2.34. The molecule has 0 amide bonds. The minimum Gasteiger partial charge on any atom is -0.363 e. The summed E-state index contributed by atoms with van der Waals surface area (Å²) in [5, 5.41) is 8.69. The van der Waals surface area contributed by atoms with Crippen LogP contribution in [0.5, 0.6) is 0 Å². The van der Waals surface area contributed by atoms with Gasteiger partial charge in [-0.1, -0.05) is 36.4 Å². The zero-order valence-corrected chi connectivity index (χ0v) is 16.5. The summed E-state index contributed by atoms with van der Waals surface area (Å²) in [5.41, 5.74) is 0.773. The lowest BCUT2D eigenvalue weighted by molar-refractivity contribution is -0.173. The summed E-state index contributed by atoms with van der Waals surface area (Å²) in [7, 11) is 0. The van der Waals surface area contributed by atoms with Crippen molar-refractivity contribution < 1.29 is 22.8 Å². The van der Waals surface area contributed by atoms with Crippen molar-refractivity contribution in [2.75, 3.05) is 5.32 Å². The van der Waals surface area contributed by atoms with Crippen molar-refractivity contribution in [1.82, 2.24) is 9.78 Å². The van der Waals surface area contributed by atoms with Gasteiger partial charge in [0.05, 0.1) is 22.7 Å². The molecule has 0 bridgehead atoms. The van der Waals surface area contributed by atoms with E-state index in [0.29, 0.717) is 10.4 Å². The number of hydrogen-bond donors (Lipinski definition) is 1. The minimum absolute atomic E-state index is 0.00518. The van der Waals surface area contributed by atoms with Crippen molar-refractivity contribution in [2.24, 2.45) is 0 Å². The Bertz CT molecular complexity index is 1050. The Morgan fingerprint density at radius 2 is 1.83 bits per heavy atom. The highest BCUT2D eigenvalue weighted by atomic mass is 32.1. The van der Waals surface area contributed by atoms with Gasteiger partial charge >= 0.3 is 6.18 Å². The quantitative estimate of drug-likeness (QED) is 0.525. The Balaban J connectivity index is 1.59. The van der Waals surface area contributed by atoms with E-state index in [1.807, 2.05) is 0 Å². The maximum Gasteiger partial charge on any atom is 0.410 e. The van der Waals surface area contributed by atoms with Crippen molar-refractivity contribution in [3.8, 4) is 0 Å². The molecule has 0 spiro atoms. The Kier molecular flexibility index (Phi) is 5.46. The van der Waals surface area contributed by atoms with E-state index in [2.05, 4.69) is 10.4 Å². The molecule has 0 fully saturated rings. The van der Waals surface area contributed by atoms with Crippen molar-refractivity contribution in [3.63, 3.8) is 0 Å². The molecule has 5 nitrogen and oxygen atoms in total. The Labute approximate surface area is 174 Å². The number of Topliss-reactive ketones (excluding diaryl/α,β-unsaturated/α-hetero) is 2. The van der Waals surface area contributed by atoms with Crippen LogP contribution in [0.3, 0.4) is 0 Å². The average molecular weight is 433 g/mol. The lowest BCUT2D eigenvalue weighted by atomic mass is 9.96. The maximum atomic E-state index is 13.7. The van der Waals surface area contributed by atoms with Gasteiger partial charge in [-0.2, -0.15) is 18.3 Å². The molecule has 0 radical (unpaired) electrons. The number of benzene rings is 1. The van der Waals surface area contributed by atoms with E-state index in [4.69, 9.17) is 0 Å². The van der Waals surface area contributed by atoms with Gasteiger partial charge in [0.1, 0.15) is 5.82 Å². The number of halogens is 3. The lowest BCUT2D eigenvalue weighted by Crippen LogP contribution is -2.36. The highest BCUT2D eigenvalue weighted by molar-refractivity contribution is 7.12. The summed E-state index contributed by atoms with van der Waals surface area (Å²) >= 11 is 1.29. The highest BCUT2D eigenvalue weighted by Crippen LogP contribution is 2.44. The number of anilines is 1. The molecule has 0 aliphatic carbocycles. The number of rotatable bonds is 6. The van der Waals surface area contributed by atoms with Crippen LogP contribution in [-0.4, -0.2) is 27.5 Å². The van der Waals surface area contributed by atoms with E-state index in [1.165, 1.54) is 11.3 Å². The first-order chi connectivity index (χ1) is 14.3. The predicted molar refractivity (Wildman–Crippen MR) is 107 cm³/mol. The number of aromatic nitrogens is 2. The van der Waals surface area contributed by atoms with Crippen LogP contribution in [0.15, 0.2) is 54.0 Å². The van der Waals surface area contributed by atoms with Gasteiger partial charge in [0.25, 0.3) is 0 Å². The van der Waals surface area contributed by atoms with Gasteiger partial charge in [0.2, 0.25) is 0 Å². The number of carbonyl (C=O) groups excluding carboxylic acids is 2. The number of alkyl halides is 3. The molecule has 1 aromatic carbocycles. The van der Waals surface area contributed by atoms with Gasteiger partial charge in [-0.25, -0.2) is 4.68 Å². The number of nitrogens with one attached hydrogen (secondary N) is 1. The van der Waals surface area contributed by atoms with Gasteiger partial charge in [0, 0.05) is 19.3 Å². The SMILES string of the molecule is O=C(CCC(=O)c1cnn2c1N[C@H](c1ccccc1)C[C@@H]2C(F)(F)F)c1cccs1. The van der Waals surface area contributed by atoms with Crippen LogP contribution in [0, 0.1) is 0 Å². The molecule has 2 aromatic heterocycles. The number of ketones is 2. The third kappa shape index (κ3) is 4.02. The second-order valence-electron chi connectivity index (χ2n) is 7.08. The van der Waals surface area contributed by atoms with Gasteiger partial charge < -0.3 is 5.32 Å². The van der Waals surface area contributed by atoms with Crippen molar-refractivity contribution in [2.45, 2.75) is 37.5 Å². The number of thiophene rings is 1. The van der Waals surface area contributed by atoms with E-state index in [1.54, 1.807) is 47.8 Å². The fourth-order valence-corrected chi connectivity index (χ4v) is 4.29. The first-order valence-corrected chi connectivity index (χ1v) is 10.3. The molecule has 4 rings (SSSR count). The second kappa shape index (κ2) is 8.06. The summed E-state index contributed by atoms with van der Waals surface area (Å²) in [5.74, 6) is -0.531. The molecule has 1 aliphatic rings. The Morgan fingerprint density at radius 1 is 1.10 bits per heavy atom. The Hall–Kier alpha value is -2.94. The monoisotopic (exact) mass is 433 g/mol. The second-order valence-corrected chi connectivity index (χ2v) is 8.02. The maximum absolute atomic E-state index is 13.7. The van der Waals surface area contributed by atoms with E-state index >= 15 is 0 Å². The zero-order valence-electron chi connectivity index (χ0n) is 15.7. The number of nitrogens with zero attached hydrogens (tertiary/aromatic N) is 2. The van der Waals surface area contributed by atoms with E-state index < -0.39 is 24.0 Å².